The van der Waals surface area contributed by atoms with Crippen molar-refractivity contribution in [1.82, 2.24) is 0 Å². The van der Waals surface area contributed by atoms with E-state index in [-0.39, 0.29) is 11.7 Å². The van der Waals surface area contributed by atoms with Gasteiger partial charge in [-0.3, -0.25) is 4.79 Å². The van der Waals surface area contributed by atoms with E-state index in [1.54, 1.807) is 0 Å². The van der Waals surface area contributed by atoms with E-state index in [0.717, 1.165) is 17.5 Å². The smallest absolute Gasteiger partial charge is 0.144 e. The lowest BCUT2D eigenvalue weighted by atomic mass is 9.91. The molecule has 2 rings (SSSR count). The van der Waals surface area contributed by atoms with Crippen LogP contribution in [0.1, 0.15) is 43.4 Å². The summed E-state index contributed by atoms with van der Waals surface area (Å²) in [5.41, 5.74) is 3.55. The highest BCUT2D eigenvalue weighted by molar-refractivity contribution is 5.87. The van der Waals surface area contributed by atoms with Crippen LogP contribution in [0, 0.1) is 5.92 Å². The van der Waals surface area contributed by atoms with Crippen molar-refractivity contribution >= 4 is 5.78 Å². The van der Waals surface area contributed by atoms with Crippen molar-refractivity contribution in [2.75, 3.05) is 0 Å². The number of rotatable bonds is 6. The molecule has 0 amide bonds. The summed E-state index contributed by atoms with van der Waals surface area (Å²) in [6.07, 6.45) is 1.60. The zero-order chi connectivity index (χ0) is 15.2. The molecule has 0 unspecified atom stereocenters. The predicted octanol–water partition coefficient (Wildman–Crippen LogP) is 4.80. The van der Waals surface area contributed by atoms with E-state index in [4.69, 9.17) is 0 Å². The van der Waals surface area contributed by atoms with Crippen LogP contribution >= 0.6 is 0 Å². The van der Waals surface area contributed by atoms with E-state index in [2.05, 4.69) is 38.1 Å². The van der Waals surface area contributed by atoms with Gasteiger partial charge in [0.25, 0.3) is 0 Å². The van der Waals surface area contributed by atoms with E-state index in [1.165, 1.54) is 5.56 Å². The summed E-state index contributed by atoms with van der Waals surface area (Å²) in [6, 6.07) is 18.5. The van der Waals surface area contributed by atoms with Gasteiger partial charge in [0.15, 0.2) is 0 Å². The Hall–Kier alpha value is -1.89. The zero-order valence-corrected chi connectivity index (χ0v) is 13.2. The van der Waals surface area contributed by atoms with Crippen LogP contribution in [0.4, 0.5) is 0 Å². The SMILES string of the molecule is CC(C)Cc1ccc([C@@H](C)C(=O)Cc2ccccc2)cc1. The molecular weight excluding hydrogens is 256 g/mol. The van der Waals surface area contributed by atoms with E-state index >= 15 is 0 Å². The third kappa shape index (κ3) is 4.56. The summed E-state index contributed by atoms with van der Waals surface area (Å²) in [6.45, 7) is 6.45. The molecule has 0 saturated carbocycles. The molecule has 0 aromatic heterocycles. The molecule has 2 aromatic carbocycles. The van der Waals surface area contributed by atoms with Crippen LogP contribution in [0.3, 0.4) is 0 Å². The van der Waals surface area contributed by atoms with Gasteiger partial charge in [-0.2, -0.15) is 0 Å². The van der Waals surface area contributed by atoms with Crippen LogP contribution < -0.4 is 0 Å². The molecule has 1 heteroatoms. The van der Waals surface area contributed by atoms with Crippen LogP contribution in [0.15, 0.2) is 54.6 Å². The third-order valence-corrected chi connectivity index (χ3v) is 3.83. The van der Waals surface area contributed by atoms with Gasteiger partial charge in [-0.25, -0.2) is 0 Å². The van der Waals surface area contributed by atoms with Crippen molar-refractivity contribution in [2.45, 2.75) is 39.5 Å². The van der Waals surface area contributed by atoms with Crippen molar-refractivity contribution in [3.8, 4) is 0 Å². The number of hydrogen-bond donors (Lipinski definition) is 0. The normalized spacial score (nSPS) is 12.4. The first-order valence-electron chi connectivity index (χ1n) is 7.71. The predicted molar refractivity (Wildman–Crippen MR) is 88.6 cm³/mol. The van der Waals surface area contributed by atoms with Crippen molar-refractivity contribution in [3.63, 3.8) is 0 Å². The first-order chi connectivity index (χ1) is 10.1. The number of benzene rings is 2. The largest absolute Gasteiger partial charge is 0.299 e. The first-order valence-corrected chi connectivity index (χ1v) is 7.71. The maximum atomic E-state index is 12.4. The Balaban J connectivity index is 2.02. The van der Waals surface area contributed by atoms with Crippen LogP contribution in [0.2, 0.25) is 0 Å². The molecule has 1 nitrogen and oxygen atoms in total. The molecular formula is C20H24O. The fraction of sp³-hybridized carbons (Fsp3) is 0.350. The van der Waals surface area contributed by atoms with Gasteiger partial charge in [0.05, 0.1) is 0 Å². The van der Waals surface area contributed by atoms with Gasteiger partial charge in [-0.05, 0) is 29.0 Å². The Morgan fingerprint density at radius 1 is 0.857 bits per heavy atom. The summed E-state index contributed by atoms with van der Waals surface area (Å²) < 4.78 is 0. The number of hydrogen-bond acceptors (Lipinski definition) is 1. The molecule has 0 N–H and O–H groups in total. The van der Waals surface area contributed by atoms with E-state index in [1.807, 2.05) is 37.3 Å². The first kappa shape index (κ1) is 15.5. The van der Waals surface area contributed by atoms with Crippen molar-refractivity contribution in [1.29, 1.82) is 0 Å². The topological polar surface area (TPSA) is 17.1 Å². The highest BCUT2D eigenvalue weighted by Crippen LogP contribution is 2.20. The monoisotopic (exact) mass is 280 g/mol. The zero-order valence-electron chi connectivity index (χ0n) is 13.2. The van der Waals surface area contributed by atoms with Crippen LogP contribution in [-0.2, 0) is 17.6 Å². The second kappa shape index (κ2) is 7.21. The lowest BCUT2D eigenvalue weighted by Crippen LogP contribution is -2.12. The van der Waals surface area contributed by atoms with E-state index in [9.17, 15) is 4.79 Å². The number of ketones is 1. The molecule has 1 atom stereocenters. The molecule has 0 heterocycles. The van der Waals surface area contributed by atoms with Crippen molar-refractivity contribution in [2.24, 2.45) is 5.92 Å². The lowest BCUT2D eigenvalue weighted by Gasteiger charge is -2.12. The molecule has 0 bridgehead atoms. The summed E-state index contributed by atoms with van der Waals surface area (Å²) in [5, 5.41) is 0. The Bertz CT molecular complexity index is 567. The van der Waals surface area contributed by atoms with Gasteiger partial charge >= 0.3 is 0 Å². The average molecular weight is 280 g/mol. The average Bonchev–Trinajstić information content (AvgIpc) is 2.47. The quantitative estimate of drug-likeness (QED) is 0.742. The lowest BCUT2D eigenvalue weighted by molar-refractivity contribution is -0.119. The van der Waals surface area contributed by atoms with Gasteiger partial charge in [0.1, 0.15) is 5.78 Å². The van der Waals surface area contributed by atoms with Gasteiger partial charge in [-0.15, -0.1) is 0 Å². The summed E-state index contributed by atoms with van der Waals surface area (Å²) in [4.78, 5) is 12.4. The highest BCUT2D eigenvalue weighted by Gasteiger charge is 2.15. The number of carbonyl (C=O) groups excluding carboxylic acids is 1. The maximum absolute atomic E-state index is 12.4. The van der Waals surface area contributed by atoms with Crippen LogP contribution in [0.5, 0.6) is 0 Å². The van der Waals surface area contributed by atoms with E-state index in [0.29, 0.717) is 12.3 Å². The van der Waals surface area contributed by atoms with Gasteiger partial charge in [0, 0.05) is 12.3 Å². The summed E-state index contributed by atoms with van der Waals surface area (Å²) in [7, 11) is 0. The fourth-order valence-corrected chi connectivity index (χ4v) is 2.55. The van der Waals surface area contributed by atoms with Gasteiger partial charge in [0.2, 0.25) is 0 Å². The minimum atomic E-state index is -0.0432. The fourth-order valence-electron chi connectivity index (χ4n) is 2.55. The molecule has 0 aliphatic carbocycles. The van der Waals surface area contributed by atoms with Crippen LogP contribution in [0.25, 0.3) is 0 Å². The molecule has 0 saturated heterocycles. The van der Waals surface area contributed by atoms with Crippen molar-refractivity contribution < 1.29 is 4.79 Å². The second-order valence-corrected chi connectivity index (χ2v) is 6.19. The standard InChI is InChI=1S/C20H24O/c1-15(2)13-18-9-11-19(12-10-18)16(3)20(21)14-17-7-5-4-6-8-17/h4-12,15-16H,13-14H2,1-3H3/t16-/m1/s1. The second-order valence-electron chi connectivity index (χ2n) is 6.19. The Morgan fingerprint density at radius 2 is 1.48 bits per heavy atom. The minimum absolute atomic E-state index is 0.0432. The highest BCUT2D eigenvalue weighted by atomic mass is 16.1. The van der Waals surface area contributed by atoms with Crippen LogP contribution in [-0.4, -0.2) is 5.78 Å². The summed E-state index contributed by atoms with van der Waals surface area (Å²) in [5.74, 6) is 0.893. The molecule has 110 valence electrons. The Morgan fingerprint density at radius 3 is 2.05 bits per heavy atom. The minimum Gasteiger partial charge on any atom is -0.299 e. The Kier molecular flexibility index (Phi) is 5.32. The third-order valence-electron chi connectivity index (χ3n) is 3.83. The molecule has 0 aliphatic rings. The van der Waals surface area contributed by atoms with Gasteiger partial charge < -0.3 is 0 Å². The van der Waals surface area contributed by atoms with Crippen molar-refractivity contribution in [3.05, 3.63) is 71.3 Å². The van der Waals surface area contributed by atoms with E-state index < -0.39 is 0 Å². The van der Waals surface area contributed by atoms with Gasteiger partial charge in [-0.1, -0.05) is 75.4 Å². The molecule has 0 fully saturated rings. The molecule has 2 aromatic rings. The molecule has 0 spiro atoms. The maximum Gasteiger partial charge on any atom is 0.144 e. The molecule has 0 radical (unpaired) electrons. The molecule has 0 aliphatic heterocycles. The number of carbonyl (C=O) groups is 1. The number of Topliss-reactive ketones (excluding diaryl/α,β-unsaturated/α-hetero) is 1. The Labute approximate surface area is 128 Å². The molecule has 21 heavy (non-hydrogen) atoms. The summed E-state index contributed by atoms with van der Waals surface area (Å²) >= 11 is 0.